The fourth-order valence-corrected chi connectivity index (χ4v) is 3.80. The van der Waals surface area contributed by atoms with Gasteiger partial charge in [0.05, 0.1) is 23.4 Å². The van der Waals surface area contributed by atoms with Crippen LogP contribution in [-0.2, 0) is 4.79 Å². The number of nitriles is 1. The molecule has 1 amide bonds. The summed E-state index contributed by atoms with van der Waals surface area (Å²) < 4.78 is 5.97. The van der Waals surface area contributed by atoms with Gasteiger partial charge >= 0.3 is 0 Å². The molecule has 3 heterocycles. The molecule has 0 saturated carbocycles. The van der Waals surface area contributed by atoms with E-state index < -0.39 is 0 Å². The zero-order valence-corrected chi connectivity index (χ0v) is 15.9. The van der Waals surface area contributed by atoms with Gasteiger partial charge < -0.3 is 20.3 Å². The molecule has 1 saturated heterocycles. The van der Waals surface area contributed by atoms with Gasteiger partial charge in [-0.3, -0.25) is 4.79 Å². The van der Waals surface area contributed by atoms with Crippen LogP contribution in [0.2, 0.25) is 0 Å². The van der Waals surface area contributed by atoms with Crippen LogP contribution in [0.15, 0.2) is 41.5 Å². The summed E-state index contributed by atoms with van der Waals surface area (Å²) in [6, 6.07) is 13.7. The SMILES string of the molecule is CC1C(=O)NN=C2COc3cc(-c4cccc(C#N)c4)c(NC4CNC4)cc3N21. The van der Waals surface area contributed by atoms with E-state index in [1.807, 2.05) is 42.2 Å². The Morgan fingerprint density at radius 1 is 1.31 bits per heavy atom. The number of amides is 1. The molecule has 0 aliphatic carbocycles. The van der Waals surface area contributed by atoms with Gasteiger partial charge in [-0.15, -0.1) is 0 Å². The molecule has 8 nitrogen and oxygen atoms in total. The van der Waals surface area contributed by atoms with Crippen molar-refractivity contribution in [3.63, 3.8) is 0 Å². The first-order valence-corrected chi connectivity index (χ1v) is 9.58. The Kier molecular flexibility index (Phi) is 4.11. The quantitative estimate of drug-likeness (QED) is 0.739. The molecular weight excluding hydrogens is 368 g/mol. The number of hydrogen-bond donors (Lipinski definition) is 3. The molecule has 1 fully saturated rings. The first-order valence-electron chi connectivity index (χ1n) is 9.58. The van der Waals surface area contributed by atoms with Crippen LogP contribution in [0.1, 0.15) is 12.5 Å². The predicted octanol–water partition coefficient (Wildman–Crippen LogP) is 1.64. The van der Waals surface area contributed by atoms with E-state index in [2.05, 4.69) is 27.2 Å². The Balaban J connectivity index is 1.64. The van der Waals surface area contributed by atoms with Crippen molar-refractivity contribution in [2.45, 2.75) is 19.0 Å². The minimum atomic E-state index is -0.379. The van der Waals surface area contributed by atoms with E-state index in [0.29, 0.717) is 23.2 Å². The normalized spacial score (nSPS) is 20.3. The van der Waals surface area contributed by atoms with Gasteiger partial charge in [0.15, 0.2) is 5.84 Å². The van der Waals surface area contributed by atoms with Crippen molar-refractivity contribution < 1.29 is 9.53 Å². The Bertz CT molecular complexity index is 1070. The number of carbonyl (C=O) groups is 1. The molecule has 0 bridgehead atoms. The highest BCUT2D eigenvalue weighted by Gasteiger charge is 2.36. The lowest BCUT2D eigenvalue weighted by molar-refractivity contribution is -0.122. The van der Waals surface area contributed by atoms with Crippen molar-refractivity contribution in [2.75, 3.05) is 29.9 Å². The van der Waals surface area contributed by atoms with Gasteiger partial charge in [0.1, 0.15) is 18.4 Å². The third kappa shape index (κ3) is 2.96. The molecule has 3 aliphatic heterocycles. The molecule has 29 heavy (non-hydrogen) atoms. The van der Waals surface area contributed by atoms with Gasteiger partial charge in [-0.05, 0) is 36.8 Å². The smallest absolute Gasteiger partial charge is 0.262 e. The number of carbonyl (C=O) groups excluding carboxylic acids is 1. The summed E-state index contributed by atoms with van der Waals surface area (Å²) in [6.45, 7) is 3.92. The van der Waals surface area contributed by atoms with Crippen LogP contribution < -0.4 is 25.7 Å². The highest BCUT2D eigenvalue weighted by molar-refractivity contribution is 6.10. The molecule has 0 aromatic heterocycles. The van der Waals surface area contributed by atoms with E-state index >= 15 is 0 Å². The number of fused-ring (bicyclic) bond motifs is 3. The number of nitrogens with one attached hydrogen (secondary N) is 3. The van der Waals surface area contributed by atoms with Crippen molar-refractivity contribution in [1.29, 1.82) is 5.26 Å². The van der Waals surface area contributed by atoms with Crippen molar-refractivity contribution in [2.24, 2.45) is 5.10 Å². The van der Waals surface area contributed by atoms with Gasteiger partial charge in [0, 0.05) is 24.3 Å². The highest BCUT2D eigenvalue weighted by Crippen LogP contribution is 2.43. The lowest BCUT2D eigenvalue weighted by atomic mass is 9.98. The molecule has 0 spiro atoms. The summed E-state index contributed by atoms with van der Waals surface area (Å²) in [5.41, 5.74) is 6.80. The number of ether oxygens (including phenoxy) is 1. The van der Waals surface area contributed by atoms with Gasteiger partial charge in [-0.25, -0.2) is 5.43 Å². The van der Waals surface area contributed by atoms with Gasteiger partial charge in [0.25, 0.3) is 5.91 Å². The Hall–Kier alpha value is -3.57. The number of hydrogen-bond acceptors (Lipinski definition) is 7. The summed E-state index contributed by atoms with van der Waals surface area (Å²) >= 11 is 0. The maximum Gasteiger partial charge on any atom is 0.262 e. The molecule has 8 heteroatoms. The fraction of sp³-hybridized carbons (Fsp3) is 0.286. The van der Waals surface area contributed by atoms with E-state index in [-0.39, 0.29) is 18.6 Å². The molecule has 0 radical (unpaired) electrons. The number of nitrogens with zero attached hydrogens (tertiary/aromatic N) is 3. The molecule has 1 atom stereocenters. The highest BCUT2D eigenvalue weighted by atomic mass is 16.5. The maximum atomic E-state index is 12.2. The van der Waals surface area contributed by atoms with Crippen LogP contribution >= 0.6 is 0 Å². The van der Waals surface area contributed by atoms with Gasteiger partial charge in [-0.1, -0.05) is 12.1 Å². The fourth-order valence-electron chi connectivity index (χ4n) is 3.80. The van der Waals surface area contributed by atoms with Crippen molar-refractivity contribution in [3.05, 3.63) is 42.0 Å². The van der Waals surface area contributed by atoms with Crippen LogP contribution in [0, 0.1) is 11.3 Å². The maximum absolute atomic E-state index is 12.2. The monoisotopic (exact) mass is 388 g/mol. The topological polar surface area (TPSA) is 102 Å². The summed E-state index contributed by atoms with van der Waals surface area (Å²) in [4.78, 5) is 14.1. The van der Waals surface area contributed by atoms with E-state index in [4.69, 9.17) is 4.74 Å². The average molecular weight is 388 g/mol. The number of hydrazone groups is 1. The van der Waals surface area contributed by atoms with Crippen LogP contribution in [0.25, 0.3) is 11.1 Å². The second-order valence-electron chi connectivity index (χ2n) is 7.40. The Labute approximate surface area is 168 Å². The summed E-state index contributed by atoms with van der Waals surface area (Å²) in [5.74, 6) is 1.23. The molecule has 2 aromatic rings. The second kappa shape index (κ2) is 6.79. The van der Waals surface area contributed by atoms with Crippen LogP contribution in [0.4, 0.5) is 11.4 Å². The van der Waals surface area contributed by atoms with Crippen molar-refractivity contribution in [3.8, 4) is 22.9 Å². The minimum absolute atomic E-state index is 0.148. The molecule has 3 N–H and O–H groups in total. The van der Waals surface area contributed by atoms with Crippen molar-refractivity contribution >= 4 is 23.1 Å². The van der Waals surface area contributed by atoms with E-state index in [1.165, 1.54) is 0 Å². The molecule has 5 rings (SSSR count). The van der Waals surface area contributed by atoms with Gasteiger partial charge in [-0.2, -0.15) is 10.4 Å². The molecule has 2 aromatic carbocycles. The number of amidine groups is 1. The van der Waals surface area contributed by atoms with E-state index in [1.54, 1.807) is 6.07 Å². The predicted molar refractivity (Wildman–Crippen MR) is 110 cm³/mol. The third-order valence-corrected chi connectivity index (χ3v) is 5.50. The number of benzene rings is 2. The lowest BCUT2D eigenvalue weighted by Gasteiger charge is -2.39. The second-order valence-corrected chi connectivity index (χ2v) is 7.40. The average Bonchev–Trinajstić information content (AvgIpc) is 2.72. The molecular formula is C21H20N6O2. The minimum Gasteiger partial charge on any atom is -0.483 e. The van der Waals surface area contributed by atoms with Crippen LogP contribution in [0.3, 0.4) is 0 Å². The zero-order valence-electron chi connectivity index (χ0n) is 15.9. The Morgan fingerprint density at radius 2 is 2.17 bits per heavy atom. The molecule has 3 aliphatic rings. The van der Waals surface area contributed by atoms with E-state index in [0.717, 1.165) is 35.6 Å². The van der Waals surface area contributed by atoms with Crippen LogP contribution in [-0.4, -0.2) is 43.5 Å². The van der Waals surface area contributed by atoms with Crippen molar-refractivity contribution in [1.82, 2.24) is 10.7 Å². The first-order chi connectivity index (χ1) is 14.1. The third-order valence-electron chi connectivity index (χ3n) is 5.50. The Morgan fingerprint density at radius 3 is 2.93 bits per heavy atom. The molecule has 1 unspecified atom stereocenters. The van der Waals surface area contributed by atoms with Crippen LogP contribution in [0.5, 0.6) is 5.75 Å². The number of anilines is 2. The first kappa shape index (κ1) is 17.5. The lowest BCUT2D eigenvalue weighted by Crippen LogP contribution is -2.55. The summed E-state index contributed by atoms with van der Waals surface area (Å²) in [7, 11) is 0. The molecule has 146 valence electrons. The number of rotatable bonds is 3. The van der Waals surface area contributed by atoms with E-state index in [9.17, 15) is 10.1 Å². The van der Waals surface area contributed by atoms with Gasteiger partial charge in [0.2, 0.25) is 0 Å². The summed E-state index contributed by atoms with van der Waals surface area (Å²) in [6.07, 6.45) is 0. The largest absolute Gasteiger partial charge is 0.483 e. The summed E-state index contributed by atoms with van der Waals surface area (Å²) in [5, 5.41) is 20.3. The standard InChI is InChI=1S/C21H20N6O2/c1-12-21(28)26-25-20-11-29-19-6-16(14-4-2-3-13(5-14)8-22)17(7-18(19)27(12)20)24-15-9-23-10-15/h2-7,12,15,23-24H,9-11H2,1H3,(H,26,28). The zero-order chi connectivity index (χ0) is 20.0.